The average Bonchev–Trinajstić information content (AvgIpc) is 2.29. The molecule has 0 fully saturated rings. The van der Waals surface area contributed by atoms with Crippen molar-refractivity contribution in [2.45, 2.75) is 19.2 Å². The number of aromatic nitrogens is 2. The van der Waals surface area contributed by atoms with Crippen molar-refractivity contribution < 1.29 is 4.39 Å². The Kier molecular flexibility index (Phi) is 3.38. The van der Waals surface area contributed by atoms with Gasteiger partial charge in [-0.2, -0.15) is 0 Å². The molecule has 0 spiro atoms. The van der Waals surface area contributed by atoms with E-state index in [1.807, 2.05) is 13.8 Å². The van der Waals surface area contributed by atoms with Crippen molar-refractivity contribution in [2.75, 3.05) is 0 Å². The van der Waals surface area contributed by atoms with Gasteiger partial charge in [-0.25, -0.2) is 14.4 Å². The lowest BCUT2D eigenvalue weighted by atomic mass is 10.1. The number of rotatable bonds is 2. The summed E-state index contributed by atoms with van der Waals surface area (Å²) >= 11 is 6.00. The lowest BCUT2D eigenvalue weighted by Gasteiger charge is -2.08. The number of hydrogen-bond acceptors (Lipinski definition) is 2. The van der Waals surface area contributed by atoms with Crippen LogP contribution in [0.2, 0.25) is 0 Å². The highest BCUT2D eigenvalue weighted by atomic mass is 35.5. The molecule has 88 valence electrons. The first kappa shape index (κ1) is 12.0. The largest absolute Gasteiger partial charge is 0.236 e. The Bertz CT molecular complexity index is 523. The van der Waals surface area contributed by atoms with Gasteiger partial charge in [-0.1, -0.05) is 0 Å². The average molecular weight is 251 g/mol. The fourth-order valence-corrected chi connectivity index (χ4v) is 1.82. The van der Waals surface area contributed by atoms with E-state index in [1.54, 1.807) is 18.3 Å². The van der Waals surface area contributed by atoms with E-state index in [-0.39, 0.29) is 11.2 Å². The van der Waals surface area contributed by atoms with Crippen molar-refractivity contribution in [3.63, 3.8) is 0 Å². The summed E-state index contributed by atoms with van der Waals surface area (Å²) in [7, 11) is 0. The van der Waals surface area contributed by atoms with Crippen molar-refractivity contribution in [1.82, 2.24) is 9.97 Å². The lowest BCUT2D eigenvalue weighted by molar-refractivity contribution is 0.628. The lowest BCUT2D eigenvalue weighted by Crippen LogP contribution is -1.98. The van der Waals surface area contributed by atoms with Crippen molar-refractivity contribution in [1.29, 1.82) is 0 Å². The third kappa shape index (κ3) is 2.61. The summed E-state index contributed by atoms with van der Waals surface area (Å²) < 4.78 is 12.8. The van der Waals surface area contributed by atoms with Crippen molar-refractivity contribution in [2.24, 2.45) is 0 Å². The molecule has 1 heterocycles. The zero-order valence-corrected chi connectivity index (χ0v) is 10.4. The number of halogens is 2. The van der Waals surface area contributed by atoms with Crippen LogP contribution in [0.4, 0.5) is 4.39 Å². The van der Waals surface area contributed by atoms with Gasteiger partial charge in [0.05, 0.1) is 5.38 Å². The third-order valence-electron chi connectivity index (χ3n) is 2.55. The second-order valence-electron chi connectivity index (χ2n) is 3.86. The Hall–Kier alpha value is -1.48. The molecular weight excluding hydrogens is 239 g/mol. The van der Waals surface area contributed by atoms with Gasteiger partial charge in [0.2, 0.25) is 0 Å². The zero-order valence-electron chi connectivity index (χ0n) is 9.61. The smallest absolute Gasteiger partial charge is 0.159 e. The number of nitrogens with zero attached hydrogens (tertiary/aromatic N) is 2. The minimum atomic E-state index is -0.267. The molecule has 2 nitrogen and oxygen atoms in total. The molecule has 1 aromatic heterocycles. The first-order chi connectivity index (χ1) is 8.08. The number of aryl methyl sites for hydroxylation is 1. The highest BCUT2D eigenvalue weighted by molar-refractivity contribution is 6.20. The Morgan fingerprint density at radius 3 is 2.41 bits per heavy atom. The maximum Gasteiger partial charge on any atom is 0.159 e. The van der Waals surface area contributed by atoms with E-state index >= 15 is 0 Å². The maximum absolute atomic E-state index is 12.8. The van der Waals surface area contributed by atoms with Crippen molar-refractivity contribution in [3.05, 3.63) is 47.5 Å². The van der Waals surface area contributed by atoms with E-state index in [1.165, 1.54) is 12.1 Å². The van der Waals surface area contributed by atoms with E-state index in [0.29, 0.717) is 5.82 Å². The molecule has 0 saturated heterocycles. The molecule has 1 aromatic carbocycles. The topological polar surface area (TPSA) is 25.8 Å². The SMILES string of the molecule is Cc1nc(-c2ccc(F)cc2)ncc1C(C)Cl. The molecule has 0 aliphatic rings. The van der Waals surface area contributed by atoms with Crippen LogP contribution in [0, 0.1) is 12.7 Å². The third-order valence-corrected chi connectivity index (χ3v) is 2.78. The minimum Gasteiger partial charge on any atom is -0.236 e. The molecule has 0 saturated carbocycles. The zero-order chi connectivity index (χ0) is 12.4. The highest BCUT2D eigenvalue weighted by Crippen LogP contribution is 2.23. The summed E-state index contributed by atoms with van der Waals surface area (Å²) in [6, 6.07) is 6.11. The second kappa shape index (κ2) is 4.80. The molecule has 17 heavy (non-hydrogen) atoms. The molecule has 1 unspecified atom stereocenters. The van der Waals surface area contributed by atoms with E-state index in [0.717, 1.165) is 16.8 Å². The van der Waals surface area contributed by atoms with Gasteiger partial charge in [-0.05, 0) is 38.1 Å². The maximum atomic E-state index is 12.8. The van der Waals surface area contributed by atoms with E-state index in [4.69, 9.17) is 11.6 Å². The molecule has 2 rings (SSSR count). The summed E-state index contributed by atoms with van der Waals surface area (Å²) in [5, 5.41) is -0.114. The van der Waals surface area contributed by atoms with Crippen molar-refractivity contribution in [3.8, 4) is 11.4 Å². The molecule has 0 amide bonds. The number of hydrogen-bond donors (Lipinski definition) is 0. The van der Waals surface area contributed by atoms with E-state index in [2.05, 4.69) is 9.97 Å². The van der Waals surface area contributed by atoms with Crippen LogP contribution >= 0.6 is 11.6 Å². The van der Waals surface area contributed by atoms with Crippen LogP contribution in [-0.2, 0) is 0 Å². The van der Waals surface area contributed by atoms with Gasteiger partial charge in [0.15, 0.2) is 5.82 Å². The summed E-state index contributed by atoms with van der Waals surface area (Å²) in [6.07, 6.45) is 1.72. The van der Waals surface area contributed by atoms with E-state index in [9.17, 15) is 4.39 Å². The molecular formula is C13H12ClFN2. The molecule has 0 N–H and O–H groups in total. The van der Waals surface area contributed by atoms with Gasteiger partial charge >= 0.3 is 0 Å². The summed E-state index contributed by atoms with van der Waals surface area (Å²) in [6.45, 7) is 3.77. The van der Waals surface area contributed by atoms with Crippen molar-refractivity contribution >= 4 is 11.6 Å². The monoisotopic (exact) mass is 250 g/mol. The minimum absolute atomic E-state index is 0.114. The summed E-state index contributed by atoms with van der Waals surface area (Å²) in [4.78, 5) is 8.62. The van der Waals surface area contributed by atoms with Gasteiger partial charge in [-0.3, -0.25) is 0 Å². The quantitative estimate of drug-likeness (QED) is 0.756. The predicted molar refractivity (Wildman–Crippen MR) is 66.4 cm³/mol. The van der Waals surface area contributed by atoms with Crippen LogP contribution in [0.25, 0.3) is 11.4 Å². The first-order valence-electron chi connectivity index (χ1n) is 5.31. The van der Waals surface area contributed by atoms with Gasteiger partial charge in [0, 0.05) is 23.0 Å². The summed E-state index contributed by atoms with van der Waals surface area (Å²) in [5.41, 5.74) is 2.56. The molecule has 4 heteroatoms. The Morgan fingerprint density at radius 1 is 1.24 bits per heavy atom. The molecule has 2 aromatic rings. The van der Waals surface area contributed by atoms with Crippen LogP contribution in [0.3, 0.4) is 0 Å². The Balaban J connectivity index is 2.41. The predicted octanol–water partition coefficient (Wildman–Crippen LogP) is 3.89. The van der Waals surface area contributed by atoms with Gasteiger partial charge in [0.25, 0.3) is 0 Å². The highest BCUT2D eigenvalue weighted by Gasteiger charge is 2.09. The van der Waals surface area contributed by atoms with Crippen LogP contribution in [-0.4, -0.2) is 9.97 Å². The van der Waals surface area contributed by atoms with Crippen LogP contribution in [0.15, 0.2) is 30.5 Å². The number of alkyl halides is 1. The molecule has 0 aliphatic carbocycles. The first-order valence-corrected chi connectivity index (χ1v) is 5.75. The van der Waals surface area contributed by atoms with E-state index < -0.39 is 0 Å². The molecule has 0 aliphatic heterocycles. The van der Waals surface area contributed by atoms with Crippen LogP contribution < -0.4 is 0 Å². The van der Waals surface area contributed by atoms with Crippen LogP contribution in [0.1, 0.15) is 23.6 Å². The standard InChI is InChI=1S/C13H12ClFN2/c1-8(14)12-7-16-13(17-9(12)2)10-3-5-11(15)6-4-10/h3-8H,1-2H3. The summed E-state index contributed by atoms with van der Waals surface area (Å²) in [5.74, 6) is 0.319. The van der Waals surface area contributed by atoms with Gasteiger partial charge in [0.1, 0.15) is 5.82 Å². The Labute approximate surface area is 104 Å². The second-order valence-corrected chi connectivity index (χ2v) is 4.51. The van der Waals surface area contributed by atoms with Gasteiger partial charge in [-0.15, -0.1) is 11.6 Å². The Morgan fingerprint density at radius 2 is 1.88 bits per heavy atom. The molecule has 0 radical (unpaired) electrons. The fraction of sp³-hybridized carbons (Fsp3) is 0.231. The normalized spacial score (nSPS) is 12.5. The molecule has 1 atom stereocenters. The van der Waals surface area contributed by atoms with Gasteiger partial charge < -0.3 is 0 Å². The fourth-order valence-electron chi connectivity index (χ4n) is 1.60. The molecule has 0 bridgehead atoms. The van der Waals surface area contributed by atoms with Crippen LogP contribution in [0.5, 0.6) is 0 Å². The number of benzene rings is 1.